The number of rotatable bonds is 12. The zero-order valence-corrected chi connectivity index (χ0v) is 27.9. The van der Waals surface area contributed by atoms with Crippen molar-refractivity contribution in [3.05, 3.63) is 145 Å². The summed E-state index contributed by atoms with van der Waals surface area (Å²) < 4.78 is 14.5. The van der Waals surface area contributed by atoms with Crippen molar-refractivity contribution in [2.24, 2.45) is 0 Å². The highest BCUT2D eigenvalue weighted by Gasteiger charge is 2.17. The van der Waals surface area contributed by atoms with Gasteiger partial charge < -0.3 is 14.0 Å². The number of ether oxygens (including phenoxy) is 2. The minimum atomic E-state index is 0.490. The van der Waals surface area contributed by atoms with E-state index in [4.69, 9.17) is 9.47 Å². The quantitative estimate of drug-likeness (QED) is 0.153. The molecule has 3 aromatic carbocycles. The summed E-state index contributed by atoms with van der Waals surface area (Å²) in [7, 11) is 0. The maximum atomic E-state index is 6.16. The minimum Gasteiger partial charge on any atom is -0.489 e. The van der Waals surface area contributed by atoms with Gasteiger partial charge in [-0.3, -0.25) is 0 Å². The molecule has 0 saturated carbocycles. The van der Waals surface area contributed by atoms with E-state index in [1.54, 1.807) is 6.08 Å². The highest BCUT2D eigenvalue weighted by atomic mass is 16.5. The molecule has 0 spiro atoms. The summed E-state index contributed by atoms with van der Waals surface area (Å²) in [5.41, 5.74) is 7.93. The molecule has 4 aromatic rings. The Morgan fingerprint density at radius 2 is 1.48 bits per heavy atom. The van der Waals surface area contributed by atoms with Crippen LogP contribution in [0.4, 0.5) is 0 Å². The van der Waals surface area contributed by atoms with Crippen molar-refractivity contribution in [3.63, 3.8) is 0 Å². The monoisotopic (exact) mass is 589 g/mol. The van der Waals surface area contributed by atoms with Crippen LogP contribution in [-0.4, -0.2) is 11.2 Å². The average molecular weight is 590 g/mol. The lowest BCUT2D eigenvalue weighted by Crippen LogP contribution is -2.02. The van der Waals surface area contributed by atoms with Crippen molar-refractivity contribution in [1.29, 1.82) is 0 Å². The Morgan fingerprint density at radius 3 is 2.09 bits per heavy atom. The van der Waals surface area contributed by atoms with E-state index in [0.717, 1.165) is 39.3 Å². The molecule has 0 aliphatic rings. The van der Waals surface area contributed by atoms with Crippen LogP contribution in [0.1, 0.15) is 59.1 Å². The van der Waals surface area contributed by atoms with Gasteiger partial charge in [0, 0.05) is 17.4 Å². The topological polar surface area (TPSA) is 23.4 Å². The summed E-state index contributed by atoms with van der Waals surface area (Å²) in [5.74, 6) is 1.69. The van der Waals surface area contributed by atoms with Gasteiger partial charge in [0.05, 0.1) is 5.69 Å². The summed E-state index contributed by atoms with van der Waals surface area (Å²) in [4.78, 5) is 0. The van der Waals surface area contributed by atoms with Crippen LogP contribution in [0.15, 0.2) is 134 Å². The number of hydrogen-bond acceptors (Lipinski definition) is 2. The van der Waals surface area contributed by atoms with Crippen LogP contribution in [0.2, 0.25) is 0 Å². The number of fused-ring (bicyclic) bond motifs is 1. The number of nitrogens with zero attached hydrogens (tertiary/aromatic N) is 1. The Balaban J connectivity index is 0.00000127. The molecular weight excluding hydrogens is 538 g/mol. The van der Waals surface area contributed by atoms with Gasteiger partial charge >= 0.3 is 0 Å². The largest absolute Gasteiger partial charge is 0.489 e. The minimum absolute atomic E-state index is 0.490. The van der Waals surface area contributed by atoms with Crippen LogP contribution in [0, 0.1) is 6.92 Å². The molecule has 0 fully saturated rings. The van der Waals surface area contributed by atoms with Crippen molar-refractivity contribution in [3.8, 4) is 22.8 Å². The third kappa shape index (κ3) is 10.3. The number of aryl methyl sites for hydroxylation is 1. The van der Waals surface area contributed by atoms with Gasteiger partial charge in [0.25, 0.3) is 0 Å². The first-order chi connectivity index (χ1) is 21.4. The van der Waals surface area contributed by atoms with Crippen molar-refractivity contribution in [2.75, 3.05) is 6.61 Å². The molecule has 4 rings (SSSR count). The fourth-order valence-corrected chi connectivity index (χ4v) is 4.75. The van der Waals surface area contributed by atoms with Crippen LogP contribution >= 0.6 is 0 Å². The van der Waals surface area contributed by atoms with Gasteiger partial charge in [0.1, 0.15) is 24.7 Å². The molecule has 0 aliphatic heterocycles. The maximum absolute atomic E-state index is 6.16. The van der Waals surface area contributed by atoms with Crippen molar-refractivity contribution in [2.45, 2.75) is 68.0 Å². The van der Waals surface area contributed by atoms with Gasteiger partial charge in [-0.15, -0.1) is 0 Å². The van der Waals surface area contributed by atoms with Gasteiger partial charge in [-0.1, -0.05) is 114 Å². The number of hydrogen-bond donors (Lipinski definition) is 0. The first-order valence-electron chi connectivity index (χ1n) is 15.7. The number of aromatic nitrogens is 1. The van der Waals surface area contributed by atoms with E-state index in [1.807, 2.05) is 82.3 Å². The van der Waals surface area contributed by atoms with Gasteiger partial charge in [0.2, 0.25) is 0 Å². The van der Waals surface area contributed by atoms with Gasteiger partial charge in [-0.25, -0.2) is 0 Å². The molecular formula is C41H51NO2. The molecule has 3 nitrogen and oxygen atoms in total. The third-order valence-corrected chi connectivity index (χ3v) is 6.55. The molecule has 3 heteroatoms. The molecule has 0 radical (unpaired) electrons. The maximum Gasteiger partial charge on any atom is 0.120 e. The molecule has 1 aromatic heterocycles. The lowest BCUT2D eigenvalue weighted by molar-refractivity contribution is 0.306. The SMILES string of the molecule is C=C/C=C(\C=C/C)COc1ccc(-c2c(C)c3cc(OCc4ccccc4)ccc3n2CC(=C)/C=C\C)cc1.CC.CCC. The highest BCUT2D eigenvalue weighted by molar-refractivity contribution is 5.92. The predicted molar refractivity (Wildman–Crippen MR) is 193 cm³/mol. The zero-order chi connectivity index (χ0) is 32.3. The lowest BCUT2D eigenvalue weighted by atomic mass is 10.1. The average Bonchev–Trinajstić information content (AvgIpc) is 3.31. The molecule has 0 unspecified atom stereocenters. The van der Waals surface area contributed by atoms with Crippen LogP contribution in [0.25, 0.3) is 22.2 Å². The van der Waals surface area contributed by atoms with Gasteiger partial charge in [0.15, 0.2) is 0 Å². The molecule has 0 N–H and O–H groups in total. The standard InChI is InChI=1S/C36H37NO2.C3H8.C2H6/c1-6-12-27(4)24-37-35-22-21-33(39-26-30-15-10-9-11-16-30)23-34(35)28(5)36(37)31-17-19-32(20-18-31)38-25-29(13-7-2)14-8-3;1-3-2;1-2/h6-23H,2,4,24-26H2,1,3,5H3;3H2,1-2H3;1-2H3/b12-6-,14-8-,29-13+;;. The van der Waals surface area contributed by atoms with Crippen molar-refractivity contribution < 1.29 is 9.47 Å². The van der Waals surface area contributed by atoms with Crippen molar-refractivity contribution in [1.82, 2.24) is 4.57 Å². The van der Waals surface area contributed by atoms with Crippen LogP contribution < -0.4 is 9.47 Å². The van der Waals surface area contributed by atoms with E-state index in [2.05, 4.69) is 87.0 Å². The normalized spacial score (nSPS) is 11.1. The molecule has 44 heavy (non-hydrogen) atoms. The Kier molecular flexibility index (Phi) is 15.9. The smallest absolute Gasteiger partial charge is 0.120 e. The number of benzene rings is 3. The third-order valence-electron chi connectivity index (χ3n) is 6.55. The van der Waals surface area contributed by atoms with Crippen LogP contribution in [-0.2, 0) is 13.2 Å². The Labute approximate surface area is 266 Å². The van der Waals surface area contributed by atoms with E-state index < -0.39 is 0 Å². The fraction of sp³-hybridized carbons (Fsp3) is 0.268. The molecule has 0 atom stereocenters. The first-order valence-corrected chi connectivity index (χ1v) is 15.7. The van der Waals surface area contributed by atoms with Crippen LogP contribution in [0.3, 0.4) is 0 Å². The highest BCUT2D eigenvalue weighted by Crippen LogP contribution is 2.36. The van der Waals surface area contributed by atoms with E-state index in [-0.39, 0.29) is 0 Å². The van der Waals surface area contributed by atoms with E-state index in [9.17, 15) is 0 Å². The van der Waals surface area contributed by atoms with Crippen molar-refractivity contribution >= 4 is 10.9 Å². The second-order valence-electron chi connectivity index (χ2n) is 10.2. The second-order valence-corrected chi connectivity index (χ2v) is 10.2. The molecule has 1 heterocycles. The summed E-state index contributed by atoms with van der Waals surface area (Å²) in [6.07, 6.45) is 13.1. The zero-order valence-electron chi connectivity index (χ0n) is 27.9. The molecule has 0 amide bonds. The molecule has 0 saturated heterocycles. The lowest BCUT2D eigenvalue weighted by Gasteiger charge is -2.13. The predicted octanol–water partition coefficient (Wildman–Crippen LogP) is 11.8. The first kappa shape index (κ1) is 35.7. The van der Waals surface area contributed by atoms with E-state index in [1.165, 1.54) is 23.1 Å². The molecule has 0 aliphatic carbocycles. The fourth-order valence-electron chi connectivity index (χ4n) is 4.75. The summed E-state index contributed by atoms with van der Waals surface area (Å²) >= 11 is 0. The van der Waals surface area contributed by atoms with Crippen LogP contribution in [0.5, 0.6) is 11.5 Å². The van der Waals surface area contributed by atoms with E-state index in [0.29, 0.717) is 19.8 Å². The second kappa shape index (κ2) is 19.6. The summed E-state index contributed by atoms with van der Waals surface area (Å²) in [6, 6.07) is 24.9. The Morgan fingerprint density at radius 1 is 0.841 bits per heavy atom. The molecule has 0 bridgehead atoms. The van der Waals surface area contributed by atoms with Gasteiger partial charge in [-0.2, -0.15) is 0 Å². The van der Waals surface area contributed by atoms with E-state index >= 15 is 0 Å². The Bertz CT molecular complexity index is 1530. The van der Waals surface area contributed by atoms with Gasteiger partial charge in [-0.05, 0) is 91.1 Å². The Hall–Kier alpha value is -4.50. The molecule has 232 valence electrons. The number of allylic oxidation sites excluding steroid dienone is 6. The summed E-state index contributed by atoms with van der Waals surface area (Å²) in [5, 5.41) is 1.18. The summed E-state index contributed by atoms with van der Waals surface area (Å²) in [6.45, 7) is 24.3.